The maximum absolute atomic E-state index is 10.7. The van der Waals surface area contributed by atoms with Gasteiger partial charge in [0, 0.05) is 0 Å². The van der Waals surface area contributed by atoms with Crippen LogP contribution in [0.5, 0.6) is 0 Å². The number of rotatable bonds is 5. The lowest BCUT2D eigenvalue weighted by molar-refractivity contribution is -0.144. The fourth-order valence-corrected chi connectivity index (χ4v) is 0.684. The molecule has 0 rings (SSSR count). The number of esters is 1. The van der Waals surface area contributed by atoms with E-state index in [1.54, 1.807) is 0 Å². The van der Waals surface area contributed by atoms with Gasteiger partial charge in [0.25, 0.3) is 0 Å². The highest BCUT2D eigenvalue weighted by Gasteiger charge is 1.98. The standard InChI is InChI=1S/C9H16O3/c1-8(2)4-3-7-12-9(11)5-6-10/h4,10H,3,5-7H2,1-2H3. The molecule has 0 aliphatic heterocycles. The lowest BCUT2D eigenvalue weighted by atomic mass is 10.3. The molecule has 0 unspecified atom stereocenters. The van der Waals surface area contributed by atoms with Crippen LogP contribution in [0, 0.1) is 0 Å². The predicted molar refractivity (Wildman–Crippen MR) is 46.7 cm³/mol. The quantitative estimate of drug-likeness (QED) is 0.386. The van der Waals surface area contributed by atoms with Gasteiger partial charge in [0.2, 0.25) is 0 Å². The molecule has 0 atom stereocenters. The van der Waals surface area contributed by atoms with Crippen molar-refractivity contribution in [2.75, 3.05) is 13.2 Å². The zero-order chi connectivity index (χ0) is 9.40. The minimum absolute atomic E-state index is 0.0921. The summed E-state index contributed by atoms with van der Waals surface area (Å²) in [5.74, 6) is -0.334. The fraction of sp³-hybridized carbons (Fsp3) is 0.667. The van der Waals surface area contributed by atoms with Gasteiger partial charge < -0.3 is 9.84 Å². The maximum atomic E-state index is 10.7. The molecule has 0 radical (unpaired) electrons. The molecular weight excluding hydrogens is 156 g/mol. The molecule has 70 valence electrons. The molecule has 12 heavy (non-hydrogen) atoms. The van der Waals surface area contributed by atoms with E-state index >= 15 is 0 Å². The van der Waals surface area contributed by atoms with Crippen LogP contribution in [-0.4, -0.2) is 24.3 Å². The first-order chi connectivity index (χ1) is 5.66. The van der Waals surface area contributed by atoms with Crippen LogP contribution in [0.25, 0.3) is 0 Å². The average Bonchev–Trinajstić information content (AvgIpc) is 1.98. The predicted octanol–water partition coefficient (Wildman–Crippen LogP) is 1.27. The van der Waals surface area contributed by atoms with Crippen LogP contribution >= 0.6 is 0 Å². The van der Waals surface area contributed by atoms with Gasteiger partial charge in [-0.2, -0.15) is 0 Å². The molecule has 0 aromatic heterocycles. The van der Waals surface area contributed by atoms with Crippen molar-refractivity contribution in [1.82, 2.24) is 0 Å². The molecule has 0 saturated carbocycles. The Labute approximate surface area is 73.0 Å². The van der Waals surface area contributed by atoms with E-state index in [4.69, 9.17) is 9.84 Å². The Bertz CT molecular complexity index is 157. The lowest BCUT2D eigenvalue weighted by Crippen LogP contribution is -2.06. The summed E-state index contributed by atoms with van der Waals surface area (Å²) in [4.78, 5) is 10.7. The molecule has 3 heteroatoms. The Morgan fingerprint density at radius 1 is 1.50 bits per heavy atom. The van der Waals surface area contributed by atoms with Crippen molar-refractivity contribution < 1.29 is 14.6 Å². The second-order valence-corrected chi connectivity index (χ2v) is 2.76. The number of allylic oxidation sites excluding steroid dienone is 1. The molecule has 0 heterocycles. The topological polar surface area (TPSA) is 46.5 Å². The van der Waals surface area contributed by atoms with E-state index in [1.807, 2.05) is 19.9 Å². The molecule has 0 aromatic rings. The molecule has 0 amide bonds. The van der Waals surface area contributed by atoms with Crippen LogP contribution in [-0.2, 0) is 9.53 Å². The third-order valence-electron chi connectivity index (χ3n) is 1.25. The molecule has 0 bridgehead atoms. The van der Waals surface area contributed by atoms with Gasteiger partial charge in [-0.25, -0.2) is 0 Å². The number of ether oxygens (including phenoxy) is 1. The molecule has 3 nitrogen and oxygen atoms in total. The van der Waals surface area contributed by atoms with Gasteiger partial charge in [-0.1, -0.05) is 11.6 Å². The van der Waals surface area contributed by atoms with Crippen LogP contribution in [0.15, 0.2) is 11.6 Å². The fourth-order valence-electron chi connectivity index (χ4n) is 0.684. The minimum atomic E-state index is -0.334. The number of aliphatic hydroxyl groups excluding tert-OH is 1. The van der Waals surface area contributed by atoms with Crippen LogP contribution in [0.4, 0.5) is 0 Å². The van der Waals surface area contributed by atoms with Crippen molar-refractivity contribution >= 4 is 5.97 Å². The van der Waals surface area contributed by atoms with Gasteiger partial charge in [-0.15, -0.1) is 0 Å². The second-order valence-electron chi connectivity index (χ2n) is 2.76. The summed E-state index contributed by atoms with van der Waals surface area (Å²) in [6.45, 7) is 4.26. The molecule has 0 saturated heterocycles. The second kappa shape index (κ2) is 6.85. The monoisotopic (exact) mass is 172 g/mol. The minimum Gasteiger partial charge on any atom is -0.465 e. The van der Waals surface area contributed by atoms with Crippen molar-refractivity contribution in [3.63, 3.8) is 0 Å². The molecule has 0 aliphatic rings. The molecule has 0 aliphatic carbocycles. The third kappa shape index (κ3) is 7.28. The first-order valence-corrected chi connectivity index (χ1v) is 4.06. The van der Waals surface area contributed by atoms with Gasteiger partial charge >= 0.3 is 5.97 Å². The zero-order valence-electron chi connectivity index (χ0n) is 7.67. The van der Waals surface area contributed by atoms with Gasteiger partial charge in [0.15, 0.2) is 0 Å². The Hall–Kier alpha value is -0.830. The van der Waals surface area contributed by atoms with Crippen LogP contribution in [0.2, 0.25) is 0 Å². The Kier molecular flexibility index (Phi) is 6.38. The zero-order valence-corrected chi connectivity index (χ0v) is 7.67. The van der Waals surface area contributed by atoms with Crippen molar-refractivity contribution in [2.45, 2.75) is 26.7 Å². The SMILES string of the molecule is CC(C)=CCCOC(=O)CCO. The lowest BCUT2D eigenvalue weighted by Gasteiger charge is -2.00. The normalized spacial score (nSPS) is 9.25. The highest BCUT2D eigenvalue weighted by atomic mass is 16.5. The van der Waals surface area contributed by atoms with Crippen LogP contribution in [0.3, 0.4) is 0 Å². The number of carbonyl (C=O) groups is 1. The summed E-state index contributed by atoms with van der Waals surface area (Å²) in [5, 5.41) is 8.37. The van der Waals surface area contributed by atoms with E-state index in [-0.39, 0.29) is 19.0 Å². The smallest absolute Gasteiger partial charge is 0.308 e. The highest BCUT2D eigenvalue weighted by molar-refractivity contribution is 5.69. The van der Waals surface area contributed by atoms with E-state index in [2.05, 4.69) is 0 Å². The summed E-state index contributed by atoms with van der Waals surface area (Å²) >= 11 is 0. The van der Waals surface area contributed by atoms with Gasteiger partial charge in [0.05, 0.1) is 19.6 Å². The molecule has 1 N–H and O–H groups in total. The Morgan fingerprint density at radius 3 is 2.67 bits per heavy atom. The van der Waals surface area contributed by atoms with Crippen LogP contribution < -0.4 is 0 Å². The van der Waals surface area contributed by atoms with E-state index in [1.165, 1.54) is 5.57 Å². The number of carbonyl (C=O) groups excluding carboxylic acids is 1. The van der Waals surface area contributed by atoms with Crippen LogP contribution in [0.1, 0.15) is 26.7 Å². The third-order valence-corrected chi connectivity index (χ3v) is 1.25. The molecule has 0 spiro atoms. The summed E-state index contributed by atoms with van der Waals surface area (Å²) in [7, 11) is 0. The summed E-state index contributed by atoms with van der Waals surface area (Å²) < 4.78 is 4.79. The number of hydrogen-bond acceptors (Lipinski definition) is 3. The van der Waals surface area contributed by atoms with E-state index in [0.29, 0.717) is 6.61 Å². The first kappa shape index (κ1) is 11.2. The van der Waals surface area contributed by atoms with Crippen molar-refractivity contribution in [3.05, 3.63) is 11.6 Å². The number of hydrogen-bond donors (Lipinski definition) is 1. The first-order valence-electron chi connectivity index (χ1n) is 4.06. The largest absolute Gasteiger partial charge is 0.465 e. The maximum Gasteiger partial charge on any atom is 0.308 e. The van der Waals surface area contributed by atoms with Crippen molar-refractivity contribution in [2.24, 2.45) is 0 Å². The number of aliphatic hydroxyl groups is 1. The van der Waals surface area contributed by atoms with E-state index in [0.717, 1.165) is 6.42 Å². The van der Waals surface area contributed by atoms with Crippen molar-refractivity contribution in [3.8, 4) is 0 Å². The highest BCUT2D eigenvalue weighted by Crippen LogP contribution is 1.94. The van der Waals surface area contributed by atoms with E-state index < -0.39 is 0 Å². The summed E-state index contributed by atoms with van der Waals surface area (Å²) in [6.07, 6.45) is 2.85. The van der Waals surface area contributed by atoms with Crippen molar-refractivity contribution in [1.29, 1.82) is 0 Å². The Balaban J connectivity index is 3.31. The summed E-state index contributed by atoms with van der Waals surface area (Å²) in [5.41, 5.74) is 1.22. The van der Waals surface area contributed by atoms with Gasteiger partial charge in [0.1, 0.15) is 0 Å². The summed E-state index contributed by atoms with van der Waals surface area (Å²) in [6, 6.07) is 0. The average molecular weight is 172 g/mol. The van der Waals surface area contributed by atoms with Gasteiger partial charge in [-0.05, 0) is 20.3 Å². The molecular formula is C9H16O3. The molecule has 0 aromatic carbocycles. The Morgan fingerprint density at radius 2 is 2.17 bits per heavy atom. The van der Waals surface area contributed by atoms with E-state index in [9.17, 15) is 4.79 Å². The molecule has 0 fully saturated rings. The van der Waals surface area contributed by atoms with Gasteiger partial charge in [-0.3, -0.25) is 4.79 Å².